The van der Waals surface area contributed by atoms with Crippen molar-refractivity contribution in [2.45, 2.75) is 39.5 Å². The number of nitrogens with one attached hydrogen (secondary N) is 1. The van der Waals surface area contributed by atoms with E-state index in [-0.39, 0.29) is 12.5 Å². The number of anilines is 1. The van der Waals surface area contributed by atoms with Gasteiger partial charge < -0.3 is 15.3 Å². The minimum absolute atomic E-state index is 0.0908. The molecule has 1 amide bonds. The van der Waals surface area contributed by atoms with Crippen molar-refractivity contribution in [3.63, 3.8) is 0 Å². The van der Waals surface area contributed by atoms with Gasteiger partial charge in [0, 0.05) is 25.3 Å². The number of hydrogen-bond donors (Lipinski definition) is 2. The van der Waals surface area contributed by atoms with E-state index >= 15 is 0 Å². The molecule has 1 aliphatic heterocycles. The Morgan fingerprint density at radius 1 is 1.36 bits per heavy atom. The van der Waals surface area contributed by atoms with Crippen LogP contribution in [0.4, 0.5) is 5.69 Å². The zero-order chi connectivity index (χ0) is 15.9. The van der Waals surface area contributed by atoms with Crippen molar-refractivity contribution in [2.75, 3.05) is 31.6 Å². The van der Waals surface area contributed by atoms with Gasteiger partial charge in [-0.05, 0) is 63.2 Å². The highest BCUT2D eigenvalue weighted by molar-refractivity contribution is 5.92. The Bertz CT molecular complexity index is 482. The quantitative estimate of drug-likeness (QED) is 0.849. The lowest BCUT2D eigenvalue weighted by Gasteiger charge is -2.31. The second-order valence-electron chi connectivity index (χ2n) is 6.41. The van der Waals surface area contributed by atoms with E-state index in [1.54, 1.807) is 0 Å². The molecule has 1 fully saturated rings. The highest BCUT2D eigenvalue weighted by Crippen LogP contribution is 2.20. The maximum Gasteiger partial charge on any atom is 0.224 e. The third kappa shape index (κ3) is 4.82. The lowest BCUT2D eigenvalue weighted by molar-refractivity contribution is -0.116. The molecular weight excluding hydrogens is 276 g/mol. The summed E-state index contributed by atoms with van der Waals surface area (Å²) in [5, 5.41) is 12.3. The molecule has 2 N–H and O–H groups in total. The molecule has 1 heterocycles. The van der Waals surface area contributed by atoms with Gasteiger partial charge in [-0.2, -0.15) is 0 Å². The normalized spacial score (nSPS) is 19.1. The number of para-hydroxylation sites is 1. The van der Waals surface area contributed by atoms with Gasteiger partial charge in [0.15, 0.2) is 0 Å². The first-order chi connectivity index (χ1) is 10.6. The zero-order valence-electron chi connectivity index (χ0n) is 13.8. The van der Waals surface area contributed by atoms with Crippen molar-refractivity contribution < 1.29 is 9.90 Å². The molecular formula is C18H28N2O2. The van der Waals surface area contributed by atoms with Crippen LogP contribution in [-0.4, -0.2) is 42.2 Å². The number of nitrogens with zero attached hydrogens (tertiary/aromatic N) is 1. The molecule has 1 aromatic carbocycles. The number of carbonyl (C=O) groups is 1. The summed E-state index contributed by atoms with van der Waals surface area (Å²) in [7, 11) is 0. The Balaban J connectivity index is 1.74. The molecule has 4 nitrogen and oxygen atoms in total. The third-order valence-electron chi connectivity index (χ3n) is 4.49. The smallest absolute Gasteiger partial charge is 0.224 e. The number of benzene rings is 1. The third-order valence-corrected chi connectivity index (χ3v) is 4.49. The molecule has 1 saturated heterocycles. The van der Waals surface area contributed by atoms with Crippen molar-refractivity contribution in [3.05, 3.63) is 29.3 Å². The largest absolute Gasteiger partial charge is 0.396 e. The first-order valence-corrected chi connectivity index (χ1v) is 8.29. The van der Waals surface area contributed by atoms with Crippen molar-refractivity contribution in [3.8, 4) is 0 Å². The number of rotatable bonds is 6. The molecule has 1 aromatic rings. The number of likely N-dealkylation sites (tertiary alicyclic amines) is 1. The average Bonchev–Trinajstić information content (AvgIpc) is 2.51. The Kier molecular flexibility index (Phi) is 6.40. The van der Waals surface area contributed by atoms with Crippen LogP contribution >= 0.6 is 0 Å². The van der Waals surface area contributed by atoms with E-state index in [0.717, 1.165) is 55.7 Å². The van der Waals surface area contributed by atoms with Crippen LogP contribution in [0.3, 0.4) is 0 Å². The summed E-state index contributed by atoms with van der Waals surface area (Å²) in [5.74, 6) is 0.505. The molecule has 0 aromatic heterocycles. The van der Waals surface area contributed by atoms with Gasteiger partial charge in [0.2, 0.25) is 5.91 Å². The lowest BCUT2D eigenvalue weighted by Crippen LogP contribution is -2.37. The molecule has 122 valence electrons. The number of piperidine rings is 1. The molecule has 4 heteroatoms. The topological polar surface area (TPSA) is 52.6 Å². The monoisotopic (exact) mass is 304 g/mol. The standard InChI is InChI=1S/C18H28N2O2/c1-14-6-3-7-15(2)18(14)19-17(22)9-5-11-20-10-4-8-16(12-20)13-21/h3,6-7,16,21H,4-5,8-13H2,1-2H3,(H,19,22). The number of amides is 1. The second kappa shape index (κ2) is 8.30. The van der Waals surface area contributed by atoms with Crippen LogP contribution in [0.15, 0.2) is 18.2 Å². The minimum atomic E-state index is 0.0908. The van der Waals surface area contributed by atoms with Gasteiger partial charge in [-0.15, -0.1) is 0 Å². The van der Waals surface area contributed by atoms with Crippen LogP contribution in [0.2, 0.25) is 0 Å². The molecule has 1 aliphatic rings. The number of hydrogen-bond acceptors (Lipinski definition) is 3. The summed E-state index contributed by atoms with van der Waals surface area (Å²) in [6.45, 7) is 7.32. The van der Waals surface area contributed by atoms with Crippen LogP contribution in [0, 0.1) is 19.8 Å². The summed E-state index contributed by atoms with van der Waals surface area (Å²) in [6.07, 6.45) is 3.70. The van der Waals surface area contributed by atoms with Gasteiger partial charge in [-0.3, -0.25) is 4.79 Å². The predicted octanol–water partition coefficient (Wildman–Crippen LogP) is 2.73. The van der Waals surface area contributed by atoms with Gasteiger partial charge in [-0.25, -0.2) is 0 Å². The van der Waals surface area contributed by atoms with E-state index in [4.69, 9.17) is 0 Å². The molecule has 22 heavy (non-hydrogen) atoms. The molecule has 0 radical (unpaired) electrons. The van der Waals surface area contributed by atoms with Crippen molar-refractivity contribution >= 4 is 11.6 Å². The van der Waals surface area contributed by atoms with Crippen LogP contribution in [0.25, 0.3) is 0 Å². The van der Waals surface area contributed by atoms with Gasteiger partial charge in [0.05, 0.1) is 0 Å². The number of aliphatic hydroxyl groups excluding tert-OH is 1. The SMILES string of the molecule is Cc1cccc(C)c1NC(=O)CCCN1CCCC(CO)C1. The van der Waals surface area contributed by atoms with E-state index in [0.29, 0.717) is 12.3 Å². The van der Waals surface area contributed by atoms with Crippen molar-refractivity contribution in [2.24, 2.45) is 5.92 Å². The van der Waals surface area contributed by atoms with Crippen LogP contribution in [0.5, 0.6) is 0 Å². The fraction of sp³-hybridized carbons (Fsp3) is 0.611. The maximum absolute atomic E-state index is 12.1. The van der Waals surface area contributed by atoms with Gasteiger partial charge in [0.25, 0.3) is 0 Å². The molecule has 0 aliphatic carbocycles. The average molecular weight is 304 g/mol. The molecule has 1 unspecified atom stereocenters. The Hall–Kier alpha value is -1.39. The minimum Gasteiger partial charge on any atom is -0.396 e. The van der Waals surface area contributed by atoms with Crippen LogP contribution < -0.4 is 5.32 Å². The first-order valence-electron chi connectivity index (χ1n) is 8.29. The van der Waals surface area contributed by atoms with E-state index in [2.05, 4.69) is 10.2 Å². The summed E-state index contributed by atoms with van der Waals surface area (Å²) in [4.78, 5) is 14.5. The Morgan fingerprint density at radius 2 is 2.09 bits per heavy atom. The Morgan fingerprint density at radius 3 is 2.77 bits per heavy atom. The molecule has 1 atom stereocenters. The van der Waals surface area contributed by atoms with E-state index in [9.17, 15) is 9.90 Å². The summed E-state index contributed by atoms with van der Waals surface area (Å²) in [5.41, 5.74) is 3.16. The molecule has 2 rings (SSSR count). The van der Waals surface area contributed by atoms with Crippen molar-refractivity contribution in [1.82, 2.24) is 4.90 Å². The highest BCUT2D eigenvalue weighted by atomic mass is 16.3. The Labute approximate surface area is 133 Å². The predicted molar refractivity (Wildman–Crippen MR) is 90.0 cm³/mol. The number of aliphatic hydroxyl groups is 1. The second-order valence-corrected chi connectivity index (χ2v) is 6.41. The van der Waals surface area contributed by atoms with Crippen LogP contribution in [0.1, 0.15) is 36.8 Å². The number of carbonyl (C=O) groups excluding carboxylic acids is 1. The number of aryl methyl sites for hydroxylation is 2. The van der Waals surface area contributed by atoms with Gasteiger partial charge in [-0.1, -0.05) is 18.2 Å². The van der Waals surface area contributed by atoms with E-state index in [1.807, 2.05) is 32.0 Å². The molecule has 0 bridgehead atoms. The first kappa shape index (κ1) is 17.0. The lowest BCUT2D eigenvalue weighted by atomic mass is 9.99. The fourth-order valence-corrected chi connectivity index (χ4v) is 3.18. The van der Waals surface area contributed by atoms with E-state index < -0.39 is 0 Å². The van der Waals surface area contributed by atoms with E-state index in [1.165, 1.54) is 0 Å². The van der Waals surface area contributed by atoms with Gasteiger partial charge in [0.1, 0.15) is 0 Å². The summed E-state index contributed by atoms with van der Waals surface area (Å²) < 4.78 is 0. The highest BCUT2D eigenvalue weighted by Gasteiger charge is 2.18. The fourth-order valence-electron chi connectivity index (χ4n) is 3.18. The molecule has 0 spiro atoms. The maximum atomic E-state index is 12.1. The molecule has 0 saturated carbocycles. The zero-order valence-corrected chi connectivity index (χ0v) is 13.8. The summed E-state index contributed by atoms with van der Waals surface area (Å²) in [6, 6.07) is 6.05. The van der Waals surface area contributed by atoms with Crippen LogP contribution in [-0.2, 0) is 4.79 Å². The summed E-state index contributed by atoms with van der Waals surface area (Å²) >= 11 is 0. The van der Waals surface area contributed by atoms with Gasteiger partial charge >= 0.3 is 0 Å². The van der Waals surface area contributed by atoms with Crippen molar-refractivity contribution in [1.29, 1.82) is 0 Å².